The normalized spacial score (nSPS) is 41.5. The maximum absolute atomic E-state index is 14.5. The van der Waals surface area contributed by atoms with Crippen LogP contribution in [0, 0.1) is 29.1 Å². The van der Waals surface area contributed by atoms with Crippen molar-refractivity contribution in [1.29, 1.82) is 5.26 Å². The Balaban J connectivity index is 2.18. The van der Waals surface area contributed by atoms with Crippen LogP contribution in [0.2, 0.25) is 0 Å². The predicted octanol–water partition coefficient (Wildman–Crippen LogP) is 3.31. The Morgan fingerprint density at radius 3 is 2.11 bits per heavy atom. The second-order valence-corrected chi connectivity index (χ2v) is 19.4. The first-order chi connectivity index (χ1) is 30.4. The number of amides is 1. The van der Waals surface area contributed by atoms with E-state index >= 15 is 0 Å². The van der Waals surface area contributed by atoms with Crippen molar-refractivity contribution in [2.45, 2.75) is 212 Å². The van der Waals surface area contributed by atoms with Crippen molar-refractivity contribution < 1.29 is 67.6 Å². The smallest absolute Gasteiger partial charge is 0.311 e. The highest BCUT2D eigenvalue weighted by Gasteiger charge is 2.54. The summed E-state index contributed by atoms with van der Waals surface area (Å²) in [6.07, 6.45) is -9.12. The summed E-state index contributed by atoms with van der Waals surface area (Å²) in [4.78, 5) is 45.7. The third-order valence-electron chi connectivity index (χ3n) is 14.4. The lowest BCUT2D eigenvalue weighted by Gasteiger charge is -2.50. The van der Waals surface area contributed by atoms with Crippen LogP contribution < -0.4 is 5.32 Å². The van der Waals surface area contributed by atoms with Crippen molar-refractivity contribution in [2.75, 3.05) is 47.4 Å². The van der Waals surface area contributed by atoms with E-state index in [9.17, 15) is 35.0 Å². The van der Waals surface area contributed by atoms with Gasteiger partial charge < -0.3 is 63.4 Å². The van der Waals surface area contributed by atoms with Gasteiger partial charge in [0.1, 0.15) is 29.5 Å². The number of aliphatic hydroxyl groups excluding tert-OH is 2. The molecule has 3 heterocycles. The second-order valence-electron chi connectivity index (χ2n) is 19.4. The number of cyclic esters (lactones) is 1. The van der Waals surface area contributed by atoms with E-state index in [0.717, 1.165) is 13.1 Å². The molecule has 0 spiro atoms. The maximum atomic E-state index is 14.5. The minimum absolute atomic E-state index is 0.0522. The Hall–Kier alpha value is -2.54. The highest BCUT2D eigenvalue weighted by Crippen LogP contribution is 2.41. The minimum Gasteiger partial charge on any atom is -0.459 e. The van der Waals surface area contributed by atoms with Gasteiger partial charge in [-0.3, -0.25) is 19.3 Å². The average molecular weight is 929 g/mol. The Morgan fingerprint density at radius 2 is 1.54 bits per heavy atom. The molecule has 3 aliphatic heterocycles. The first-order valence-corrected chi connectivity index (χ1v) is 23.7. The molecule has 1 amide bonds. The summed E-state index contributed by atoms with van der Waals surface area (Å²) in [5.74, 6) is -4.25. The van der Waals surface area contributed by atoms with Crippen LogP contribution in [0.15, 0.2) is 0 Å². The van der Waals surface area contributed by atoms with Gasteiger partial charge in [-0.15, -0.1) is 0 Å². The summed E-state index contributed by atoms with van der Waals surface area (Å²) < 4.78 is 51.2. The summed E-state index contributed by atoms with van der Waals surface area (Å²) in [7, 11) is 4.85. The van der Waals surface area contributed by atoms with Crippen LogP contribution in [0.25, 0.3) is 0 Å². The standard InChI is InChI=1S/C47H84N4O14/c1-16-34-47(12,57)39(54)31(8)49-42(55)27(4)25-45(10,58-14)40(65-44-37(53)33(24-28(5)60-44)50(13)22-19-21-48)29(6)38(30(7)43(56)62-34)64-36-26-46(11,59-15)41(32(9)61-36)63-35(52)20-23-51(17-2)18-3/h27-34,36-41,44,53-54,57H,16-20,22-26H2,1-15H3,(H,49,55)/t27-,28-,29+,30-,31-,32+,33+,34-,36+,37-,38+,39+,40-,41+,44+,45-,46-,47-/m1/s1. The number of rotatable bonds is 16. The van der Waals surface area contributed by atoms with Gasteiger partial charge in [-0.1, -0.05) is 34.6 Å². The van der Waals surface area contributed by atoms with Gasteiger partial charge in [0, 0.05) is 58.0 Å². The molecule has 0 unspecified atom stereocenters. The van der Waals surface area contributed by atoms with Crippen molar-refractivity contribution >= 4 is 17.8 Å². The topological polar surface area (TPSA) is 228 Å². The number of hydrogen-bond donors (Lipinski definition) is 4. The van der Waals surface area contributed by atoms with E-state index in [2.05, 4.69) is 16.3 Å². The highest BCUT2D eigenvalue weighted by molar-refractivity contribution is 5.78. The molecule has 0 radical (unpaired) electrons. The van der Waals surface area contributed by atoms with Gasteiger partial charge in [0.15, 0.2) is 18.7 Å². The van der Waals surface area contributed by atoms with Crippen LogP contribution in [0.3, 0.4) is 0 Å². The Labute approximate surface area is 388 Å². The first-order valence-electron chi connectivity index (χ1n) is 23.7. The number of nitrogens with one attached hydrogen (secondary N) is 1. The average Bonchev–Trinajstić information content (AvgIpc) is 3.26. The minimum atomic E-state index is -1.99. The van der Waals surface area contributed by atoms with E-state index in [-0.39, 0.29) is 38.2 Å². The lowest BCUT2D eigenvalue weighted by molar-refractivity contribution is -0.320. The zero-order valence-electron chi connectivity index (χ0n) is 41.9. The second kappa shape index (κ2) is 24.7. The van der Waals surface area contributed by atoms with Gasteiger partial charge in [-0.05, 0) is 87.9 Å². The van der Waals surface area contributed by atoms with Crippen molar-refractivity contribution in [3.05, 3.63) is 0 Å². The number of nitriles is 1. The van der Waals surface area contributed by atoms with Crippen LogP contribution in [0.4, 0.5) is 0 Å². The van der Waals surface area contributed by atoms with Crippen LogP contribution in [0.1, 0.15) is 122 Å². The van der Waals surface area contributed by atoms with Gasteiger partial charge in [0.2, 0.25) is 5.91 Å². The van der Waals surface area contributed by atoms with Crippen molar-refractivity contribution in [1.82, 2.24) is 15.1 Å². The number of hydrogen-bond acceptors (Lipinski definition) is 17. The van der Waals surface area contributed by atoms with E-state index in [4.69, 9.17) is 37.9 Å². The van der Waals surface area contributed by atoms with Crippen LogP contribution >= 0.6 is 0 Å². The third kappa shape index (κ3) is 14.0. The Bertz CT molecular complexity index is 1560. The third-order valence-corrected chi connectivity index (χ3v) is 14.4. The molecule has 376 valence electrons. The summed E-state index contributed by atoms with van der Waals surface area (Å²) in [5, 5.41) is 47.3. The van der Waals surface area contributed by atoms with Gasteiger partial charge in [-0.25, -0.2) is 0 Å². The molecule has 0 aliphatic carbocycles. The van der Waals surface area contributed by atoms with Crippen LogP contribution in [-0.2, 0) is 52.3 Å². The lowest BCUT2D eigenvalue weighted by atomic mass is 9.77. The monoisotopic (exact) mass is 929 g/mol. The Morgan fingerprint density at radius 1 is 0.923 bits per heavy atom. The van der Waals surface area contributed by atoms with Gasteiger partial charge in [0.25, 0.3) is 0 Å². The molecule has 3 aliphatic rings. The zero-order valence-corrected chi connectivity index (χ0v) is 41.9. The highest BCUT2D eigenvalue weighted by atomic mass is 16.7. The largest absolute Gasteiger partial charge is 0.459 e. The molecule has 0 saturated carbocycles. The fourth-order valence-electron chi connectivity index (χ4n) is 9.93. The molecule has 0 aromatic carbocycles. The number of methoxy groups -OCH3 is 2. The fourth-order valence-corrected chi connectivity index (χ4v) is 9.93. The number of ether oxygens (including phenoxy) is 8. The summed E-state index contributed by atoms with van der Waals surface area (Å²) in [6.45, 7) is 23.6. The Kier molecular flexibility index (Phi) is 21.5. The molecule has 0 aromatic heterocycles. The maximum Gasteiger partial charge on any atom is 0.311 e. The SMILES string of the molecule is CC[C@H]1OC(=O)[C@H](C)[C@@H](O[C@H]2C[C@@](C)(OC)[C@@H](OC(=O)CCN(CC)CC)[C@H](C)O2)[C@H](C)[C@@H](O[C@@H]2O[C@H](C)C[C@H](N(C)CCC#N)[C@H]2O)[C@](C)(OC)C[C@@H](C)C(=O)N[C@H](C)[C@H](O)[C@]1(C)O. The van der Waals surface area contributed by atoms with E-state index in [1.54, 1.807) is 41.5 Å². The van der Waals surface area contributed by atoms with Crippen molar-refractivity contribution in [3.63, 3.8) is 0 Å². The number of carbonyl (C=O) groups excluding carboxylic acids is 3. The first kappa shape index (κ1) is 56.8. The number of nitrogens with zero attached hydrogens (tertiary/aromatic N) is 3. The number of likely N-dealkylation sites (N-methyl/N-ethyl adjacent to an activating group) is 1. The molecule has 0 aromatic rings. The summed E-state index contributed by atoms with van der Waals surface area (Å²) in [5.41, 5.74) is -4.42. The molecule has 18 nitrogen and oxygen atoms in total. The number of aliphatic hydroxyl groups is 3. The fraction of sp³-hybridized carbons (Fsp3) is 0.915. The lowest BCUT2D eigenvalue weighted by Crippen LogP contribution is -2.61. The van der Waals surface area contributed by atoms with Crippen molar-refractivity contribution in [3.8, 4) is 6.07 Å². The number of esters is 2. The van der Waals surface area contributed by atoms with E-state index in [1.807, 2.05) is 46.6 Å². The molecular formula is C47H84N4O14. The molecule has 3 rings (SSSR count). The quantitative estimate of drug-likeness (QED) is 0.163. The molecule has 18 atom stereocenters. The predicted molar refractivity (Wildman–Crippen MR) is 240 cm³/mol. The molecule has 18 heteroatoms. The van der Waals surface area contributed by atoms with Gasteiger partial charge >= 0.3 is 11.9 Å². The molecule has 3 saturated heterocycles. The van der Waals surface area contributed by atoms with Crippen LogP contribution in [0.5, 0.6) is 0 Å². The molecule has 4 N–H and O–H groups in total. The summed E-state index contributed by atoms with van der Waals surface area (Å²) in [6, 6.07) is 0.759. The molecule has 65 heavy (non-hydrogen) atoms. The zero-order chi connectivity index (χ0) is 49.2. The van der Waals surface area contributed by atoms with Crippen LogP contribution in [-0.4, -0.2) is 181 Å². The van der Waals surface area contributed by atoms with Gasteiger partial charge in [-0.2, -0.15) is 5.26 Å². The molecular weight excluding hydrogens is 845 g/mol. The van der Waals surface area contributed by atoms with E-state index in [0.29, 0.717) is 19.5 Å². The molecule has 3 fully saturated rings. The number of carbonyl (C=O) groups is 3. The summed E-state index contributed by atoms with van der Waals surface area (Å²) >= 11 is 0. The van der Waals surface area contributed by atoms with Crippen molar-refractivity contribution in [2.24, 2.45) is 17.8 Å². The van der Waals surface area contributed by atoms with Gasteiger partial charge in [0.05, 0.1) is 54.5 Å². The molecule has 0 bridgehead atoms. The van der Waals surface area contributed by atoms with E-state index < -0.39 is 120 Å². The van der Waals surface area contributed by atoms with E-state index in [1.165, 1.54) is 21.1 Å².